The Morgan fingerprint density at radius 2 is 1.52 bits per heavy atom. The van der Waals surface area contributed by atoms with E-state index in [9.17, 15) is 4.79 Å². The van der Waals surface area contributed by atoms with E-state index in [1.165, 1.54) is 11.3 Å². The highest BCUT2D eigenvalue weighted by Crippen LogP contribution is 2.16. The molecule has 2 saturated heterocycles. The number of piperazine rings is 1. The van der Waals surface area contributed by atoms with E-state index < -0.39 is 0 Å². The molecular weight excluding hydrogens is 364 g/mol. The molecule has 2 aromatic carbocycles. The predicted octanol–water partition coefficient (Wildman–Crippen LogP) is 2.28. The molecular formula is C23H30N4O2. The molecule has 0 aromatic heterocycles. The highest BCUT2D eigenvalue weighted by Gasteiger charge is 2.19. The van der Waals surface area contributed by atoms with E-state index >= 15 is 0 Å². The first-order chi connectivity index (χ1) is 14.3. The second kappa shape index (κ2) is 9.87. The topological polar surface area (TPSA) is 48.1 Å². The quantitative estimate of drug-likeness (QED) is 0.815. The lowest BCUT2D eigenvalue weighted by molar-refractivity contribution is -0.117. The van der Waals surface area contributed by atoms with Crippen LogP contribution in [-0.2, 0) is 16.1 Å². The van der Waals surface area contributed by atoms with Crippen molar-refractivity contribution in [1.82, 2.24) is 9.80 Å². The second-order valence-corrected chi connectivity index (χ2v) is 7.73. The zero-order valence-corrected chi connectivity index (χ0v) is 16.9. The Morgan fingerprint density at radius 1 is 0.828 bits per heavy atom. The van der Waals surface area contributed by atoms with Crippen LogP contribution < -0.4 is 10.2 Å². The first-order valence-corrected chi connectivity index (χ1v) is 10.5. The number of carbonyl (C=O) groups excluding carboxylic acids is 1. The number of nitrogens with zero attached hydrogens (tertiary/aromatic N) is 3. The molecule has 2 heterocycles. The van der Waals surface area contributed by atoms with Crippen molar-refractivity contribution in [2.24, 2.45) is 0 Å². The van der Waals surface area contributed by atoms with Crippen LogP contribution in [0.2, 0.25) is 0 Å². The zero-order chi connectivity index (χ0) is 19.9. The summed E-state index contributed by atoms with van der Waals surface area (Å²) in [7, 11) is 0. The smallest absolute Gasteiger partial charge is 0.238 e. The zero-order valence-electron chi connectivity index (χ0n) is 16.9. The van der Waals surface area contributed by atoms with E-state index in [4.69, 9.17) is 4.74 Å². The van der Waals surface area contributed by atoms with Crippen LogP contribution in [0.1, 0.15) is 5.56 Å². The van der Waals surface area contributed by atoms with E-state index in [1.807, 2.05) is 18.2 Å². The van der Waals surface area contributed by atoms with Crippen LogP contribution in [0.15, 0.2) is 54.6 Å². The molecule has 0 unspecified atom stereocenters. The van der Waals surface area contributed by atoms with Gasteiger partial charge < -0.3 is 15.0 Å². The molecule has 0 radical (unpaired) electrons. The number of hydrogen-bond donors (Lipinski definition) is 1. The van der Waals surface area contributed by atoms with Crippen molar-refractivity contribution in [2.75, 3.05) is 69.2 Å². The summed E-state index contributed by atoms with van der Waals surface area (Å²) in [5.41, 5.74) is 3.39. The summed E-state index contributed by atoms with van der Waals surface area (Å²) in [4.78, 5) is 19.4. The summed E-state index contributed by atoms with van der Waals surface area (Å²) in [6.45, 7) is 8.68. The molecule has 2 fully saturated rings. The lowest BCUT2D eigenvalue weighted by Gasteiger charge is -2.35. The van der Waals surface area contributed by atoms with Gasteiger partial charge in [0.05, 0.1) is 19.8 Å². The fraction of sp³-hybridized carbons (Fsp3) is 0.435. The lowest BCUT2D eigenvalue weighted by Crippen LogP contribution is -2.48. The van der Waals surface area contributed by atoms with Gasteiger partial charge in [-0.25, -0.2) is 0 Å². The molecule has 154 valence electrons. The van der Waals surface area contributed by atoms with Gasteiger partial charge in [-0.15, -0.1) is 0 Å². The SMILES string of the molecule is O=C(CN1CCN(c2ccccc2)CC1)Nc1ccc(CN2CCOCC2)cc1. The maximum absolute atomic E-state index is 12.4. The van der Waals surface area contributed by atoms with Crippen LogP contribution in [0, 0.1) is 0 Å². The number of benzene rings is 2. The van der Waals surface area contributed by atoms with Crippen LogP contribution in [0.5, 0.6) is 0 Å². The number of hydrogen-bond acceptors (Lipinski definition) is 5. The van der Waals surface area contributed by atoms with E-state index in [-0.39, 0.29) is 5.91 Å². The Balaban J connectivity index is 1.20. The standard InChI is InChI=1S/C23H30N4O2/c28-23(19-25-10-12-27(13-11-25)22-4-2-1-3-5-22)24-21-8-6-20(7-9-21)18-26-14-16-29-17-15-26/h1-9H,10-19H2,(H,24,28). The van der Waals surface area contributed by atoms with E-state index in [0.717, 1.165) is 64.7 Å². The maximum atomic E-state index is 12.4. The average Bonchev–Trinajstić information content (AvgIpc) is 2.77. The van der Waals surface area contributed by atoms with Gasteiger partial charge in [0.25, 0.3) is 0 Å². The van der Waals surface area contributed by atoms with Crippen LogP contribution in [0.25, 0.3) is 0 Å². The first kappa shape index (κ1) is 19.9. The van der Waals surface area contributed by atoms with Gasteiger partial charge in [-0.1, -0.05) is 30.3 Å². The Kier molecular flexibility index (Phi) is 6.77. The van der Waals surface area contributed by atoms with Gasteiger partial charge in [-0.2, -0.15) is 0 Å². The largest absolute Gasteiger partial charge is 0.379 e. The van der Waals surface area contributed by atoms with Gasteiger partial charge in [0, 0.05) is 57.2 Å². The number of rotatable bonds is 6. The number of para-hydroxylation sites is 1. The summed E-state index contributed by atoms with van der Waals surface area (Å²) >= 11 is 0. The third-order valence-electron chi connectivity index (χ3n) is 5.61. The number of nitrogens with one attached hydrogen (secondary N) is 1. The minimum atomic E-state index is 0.0547. The molecule has 1 amide bonds. The molecule has 6 nitrogen and oxygen atoms in total. The van der Waals surface area contributed by atoms with Crippen molar-refractivity contribution in [3.05, 3.63) is 60.2 Å². The Labute approximate surface area is 173 Å². The lowest BCUT2D eigenvalue weighted by atomic mass is 10.2. The van der Waals surface area contributed by atoms with E-state index in [2.05, 4.69) is 56.4 Å². The molecule has 6 heteroatoms. The summed E-state index contributed by atoms with van der Waals surface area (Å²) < 4.78 is 5.40. The first-order valence-electron chi connectivity index (χ1n) is 10.5. The van der Waals surface area contributed by atoms with Crippen LogP contribution in [0.4, 0.5) is 11.4 Å². The number of amides is 1. The normalized spacial score (nSPS) is 18.6. The minimum Gasteiger partial charge on any atom is -0.379 e. The second-order valence-electron chi connectivity index (χ2n) is 7.73. The van der Waals surface area contributed by atoms with E-state index in [0.29, 0.717) is 6.54 Å². The molecule has 0 spiro atoms. The summed E-state index contributed by atoms with van der Waals surface area (Å²) in [6.07, 6.45) is 0. The number of carbonyl (C=O) groups is 1. The highest BCUT2D eigenvalue weighted by atomic mass is 16.5. The molecule has 4 rings (SSSR count). The average molecular weight is 395 g/mol. The molecule has 0 saturated carbocycles. The van der Waals surface area contributed by atoms with Crippen molar-refractivity contribution in [3.8, 4) is 0 Å². The van der Waals surface area contributed by atoms with Crippen LogP contribution in [0.3, 0.4) is 0 Å². The van der Waals surface area contributed by atoms with Gasteiger partial charge in [0.2, 0.25) is 5.91 Å². The van der Waals surface area contributed by atoms with Crippen molar-refractivity contribution >= 4 is 17.3 Å². The van der Waals surface area contributed by atoms with Crippen LogP contribution >= 0.6 is 0 Å². The predicted molar refractivity (Wildman–Crippen MR) is 116 cm³/mol. The molecule has 0 atom stereocenters. The fourth-order valence-electron chi connectivity index (χ4n) is 3.92. The van der Waals surface area contributed by atoms with Gasteiger partial charge in [-0.05, 0) is 29.8 Å². The van der Waals surface area contributed by atoms with Crippen molar-refractivity contribution in [3.63, 3.8) is 0 Å². The summed E-state index contributed by atoms with van der Waals surface area (Å²) in [5, 5.41) is 3.04. The molecule has 0 bridgehead atoms. The third kappa shape index (κ3) is 5.79. The van der Waals surface area contributed by atoms with Crippen molar-refractivity contribution in [2.45, 2.75) is 6.54 Å². The number of morpholine rings is 1. The number of ether oxygens (including phenoxy) is 1. The van der Waals surface area contributed by atoms with Gasteiger partial charge in [-0.3, -0.25) is 14.6 Å². The summed E-state index contributed by atoms with van der Waals surface area (Å²) in [6, 6.07) is 18.7. The van der Waals surface area contributed by atoms with E-state index in [1.54, 1.807) is 0 Å². The van der Waals surface area contributed by atoms with Gasteiger partial charge in [0.1, 0.15) is 0 Å². The molecule has 0 aliphatic carbocycles. The fourth-order valence-corrected chi connectivity index (χ4v) is 3.92. The van der Waals surface area contributed by atoms with Crippen LogP contribution in [-0.4, -0.2) is 74.7 Å². The Bertz CT molecular complexity index is 767. The molecule has 2 aliphatic heterocycles. The molecule has 2 aliphatic rings. The van der Waals surface area contributed by atoms with Gasteiger partial charge in [0.15, 0.2) is 0 Å². The Hall–Kier alpha value is -2.41. The maximum Gasteiger partial charge on any atom is 0.238 e. The monoisotopic (exact) mass is 394 g/mol. The summed E-state index contributed by atoms with van der Waals surface area (Å²) in [5.74, 6) is 0.0547. The molecule has 2 aromatic rings. The minimum absolute atomic E-state index is 0.0547. The van der Waals surface area contributed by atoms with Gasteiger partial charge >= 0.3 is 0 Å². The van der Waals surface area contributed by atoms with Crippen molar-refractivity contribution in [1.29, 1.82) is 0 Å². The van der Waals surface area contributed by atoms with Crippen molar-refractivity contribution < 1.29 is 9.53 Å². The highest BCUT2D eigenvalue weighted by molar-refractivity contribution is 5.92. The Morgan fingerprint density at radius 3 is 2.21 bits per heavy atom. The number of anilines is 2. The molecule has 29 heavy (non-hydrogen) atoms. The molecule has 1 N–H and O–H groups in total. The third-order valence-corrected chi connectivity index (χ3v) is 5.61.